The number of hydrazone groups is 1. The van der Waals surface area contributed by atoms with Crippen LogP contribution in [-0.4, -0.2) is 26.4 Å². The second kappa shape index (κ2) is 5.93. The first kappa shape index (κ1) is 13.7. The topological polar surface area (TPSA) is 114 Å². The van der Waals surface area contributed by atoms with Crippen molar-refractivity contribution in [2.45, 2.75) is 0 Å². The number of anilines is 1. The van der Waals surface area contributed by atoms with E-state index in [-0.39, 0.29) is 16.4 Å². The summed E-state index contributed by atoms with van der Waals surface area (Å²) < 4.78 is 0. The number of para-hydroxylation sites is 1. The fourth-order valence-corrected chi connectivity index (χ4v) is 1.44. The summed E-state index contributed by atoms with van der Waals surface area (Å²) in [6.07, 6.45) is 1.23. The van der Waals surface area contributed by atoms with Gasteiger partial charge >= 0.3 is 5.69 Å². The van der Waals surface area contributed by atoms with Crippen molar-refractivity contribution in [3.8, 4) is 5.75 Å². The summed E-state index contributed by atoms with van der Waals surface area (Å²) in [6, 6.07) is 7.21. The molecular formula is C11H8ClN5O3. The van der Waals surface area contributed by atoms with Gasteiger partial charge in [-0.1, -0.05) is 17.7 Å². The maximum absolute atomic E-state index is 10.7. The van der Waals surface area contributed by atoms with Crippen molar-refractivity contribution in [1.82, 2.24) is 10.2 Å². The highest BCUT2D eigenvalue weighted by Crippen LogP contribution is 2.27. The minimum atomic E-state index is -0.676. The molecule has 0 spiro atoms. The smallest absolute Gasteiger partial charge is 0.311 e. The van der Waals surface area contributed by atoms with Crippen LogP contribution in [-0.2, 0) is 0 Å². The van der Waals surface area contributed by atoms with Gasteiger partial charge in [-0.05, 0) is 18.2 Å². The Labute approximate surface area is 117 Å². The minimum absolute atomic E-state index is 0.202. The van der Waals surface area contributed by atoms with E-state index in [0.717, 1.165) is 0 Å². The SMILES string of the molecule is O=[N+]([O-])c1cccc(C=NNc2ccc(Cl)nn2)c1O. The van der Waals surface area contributed by atoms with E-state index in [4.69, 9.17) is 11.6 Å². The van der Waals surface area contributed by atoms with Crippen LogP contribution in [0.2, 0.25) is 5.15 Å². The van der Waals surface area contributed by atoms with Crippen LogP contribution in [0.4, 0.5) is 11.5 Å². The van der Waals surface area contributed by atoms with Gasteiger partial charge in [0.2, 0.25) is 5.75 Å². The standard InChI is InChI=1S/C11H8ClN5O3/c12-9-4-5-10(16-14-9)15-13-6-7-2-1-3-8(11(7)18)17(19)20/h1-6,18H,(H,15,16). The third-order valence-corrected chi connectivity index (χ3v) is 2.46. The number of rotatable bonds is 4. The van der Waals surface area contributed by atoms with E-state index in [1.165, 1.54) is 30.5 Å². The molecule has 0 saturated carbocycles. The van der Waals surface area contributed by atoms with Gasteiger partial charge in [0.15, 0.2) is 11.0 Å². The number of phenols is 1. The lowest BCUT2D eigenvalue weighted by Gasteiger charge is -2.00. The van der Waals surface area contributed by atoms with E-state index in [1.807, 2.05) is 0 Å². The molecule has 1 aromatic heterocycles. The van der Waals surface area contributed by atoms with Crippen LogP contribution in [0.15, 0.2) is 35.4 Å². The first-order valence-electron chi connectivity index (χ1n) is 5.32. The summed E-state index contributed by atoms with van der Waals surface area (Å²) in [5.74, 6) is -0.110. The lowest BCUT2D eigenvalue weighted by molar-refractivity contribution is -0.385. The predicted octanol–water partition coefficient (Wildman–Crippen LogP) is 2.19. The number of aromatic hydroxyl groups is 1. The number of benzene rings is 1. The van der Waals surface area contributed by atoms with Gasteiger partial charge in [-0.2, -0.15) is 5.10 Å². The number of hydrogen-bond acceptors (Lipinski definition) is 7. The maximum atomic E-state index is 10.7. The molecule has 2 aromatic rings. The molecule has 8 nitrogen and oxygen atoms in total. The number of phenolic OH excluding ortho intramolecular Hbond substituents is 1. The van der Waals surface area contributed by atoms with Crippen molar-refractivity contribution < 1.29 is 10.0 Å². The lowest BCUT2D eigenvalue weighted by Crippen LogP contribution is -1.96. The van der Waals surface area contributed by atoms with E-state index in [0.29, 0.717) is 5.82 Å². The van der Waals surface area contributed by atoms with Gasteiger partial charge < -0.3 is 5.11 Å². The van der Waals surface area contributed by atoms with Crippen molar-refractivity contribution in [3.63, 3.8) is 0 Å². The Balaban J connectivity index is 2.14. The summed E-state index contributed by atoms with van der Waals surface area (Å²) in [6.45, 7) is 0. The Morgan fingerprint density at radius 1 is 1.35 bits per heavy atom. The van der Waals surface area contributed by atoms with Crippen molar-refractivity contribution >= 4 is 29.3 Å². The highest BCUT2D eigenvalue weighted by Gasteiger charge is 2.14. The number of nitrogens with one attached hydrogen (secondary N) is 1. The van der Waals surface area contributed by atoms with E-state index >= 15 is 0 Å². The van der Waals surface area contributed by atoms with E-state index in [1.54, 1.807) is 6.07 Å². The average molecular weight is 294 g/mol. The lowest BCUT2D eigenvalue weighted by atomic mass is 10.2. The van der Waals surface area contributed by atoms with Crippen molar-refractivity contribution in [2.75, 3.05) is 5.43 Å². The Morgan fingerprint density at radius 2 is 2.15 bits per heavy atom. The number of aromatic nitrogens is 2. The quantitative estimate of drug-likeness (QED) is 0.507. The molecule has 0 aliphatic heterocycles. The Morgan fingerprint density at radius 3 is 2.80 bits per heavy atom. The number of halogens is 1. The van der Waals surface area contributed by atoms with Crippen LogP contribution in [0, 0.1) is 10.1 Å². The Kier molecular flexibility index (Phi) is 4.06. The van der Waals surface area contributed by atoms with Crippen LogP contribution in [0.5, 0.6) is 5.75 Å². The van der Waals surface area contributed by atoms with Gasteiger partial charge in [0.1, 0.15) is 0 Å². The number of nitro benzene ring substituents is 1. The number of hydrogen-bond donors (Lipinski definition) is 2. The molecular weight excluding hydrogens is 286 g/mol. The van der Waals surface area contributed by atoms with Crippen LogP contribution in [0.3, 0.4) is 0 Å². The van der Waals surface area contributed by atoms with Crippen LogP contribution >= 0.6 is 11.6 Å². The first-order valence-corrected chi connectivity index (χ1v) is 5.70. The molecule has 0 aliphatic rings. The van der Waals surface area contributed by atoms with Gasteiger partial charge in [0.05, 0.1) is 11.1 Å². The monoisotopic (exact) mass is 293 g/mol. The summed E-state index contributed by atoms with van der Waals surface area (Å²) >= 11 is 5.57. The van der Waals surface area contributed by atoms with Gasteiger partial charge in [0, 0.05) is 11.6 Å². The van der Waals surface area contributed by atoms with E-state index < -0.39 is 10.7 Å². The van der Waals surface area contributed by atoms with Gasteiger partial charge in [-0.3, -0.25) is 15.5 Å². The third-order valence-electron chi connectivity index (χ3n) is 2.26. The normalized spacial score (nSPS) is 10.7. The zero-order valence-electron chi connectivity index (χ0n) is 9.89. The van der Waals surface area contributed by atoms with Crippen LogP contribution in [0.1, 0.15) is 5.56 Å². The molecule has 0 bridgehead atoms. The molecule has 20 heavy (non-hydrogen) atoms. The molecule has 2 N–H and O–H groups in total. The van der Waals surface area contributed by atoms with E-state index in [2.05, 4.69) is 20.7 Å². The summed E-state index contributed by atoms with van der Waals surface area (Å²) in [5.41, 5.74) is 2.37. The molecule has 2 rings (SSSR count). The van der Waals surface area contributed by atoms with Crippen molar-refractivity contribution in [1.29, 1.82) is 0 Å². The van der Waals surface area contributed by atoms with Gasteiger partial charge in [-0.15, -0.1) is 10.2 Å². The van der Waals surface area contributed by atoms with Crippen LogP contribution < -0.4 is 5.43 Å². The molecule has 0 unspecified atom stereocenters. The van der Waals surface area contributed by atoms with Crippen LogP contribution in [0.25, 0.3) is 0 Å². The molecule has 0 radical (unpaired) electrons. The largest absolute Gasteiger partial charge is 0.502 e. The summed E-state index contributed by atoms with van der Waals surface area (Å²) in [7, 11) is 0. The molecule has 0 fully saturated rings. The minimum Gasteiger partial charge on any atom is -0.502 e. The van der Waals surface area contributed by atoms with E-state index in [9.17, 15) is 15.2 Å². The molecule has 1 aromatic carbocycles. The fourth-order valence-electron chi connectivity index (χ4n) is 1.34. The predicted molar refractivity (Wildman–Crippen MR) is 73.0 cm³/mol. The average Bonchev–Trinajstić information content (AvgIpc) is 2.42. The molecule has 9 heteroatoms. The first-order chi connectivity index (χ1) is 9.58. The number of nitrogens with zero attached hydrogens (tertiary/aromatic N) is 4. The van der Waals surface area contributed by atoms with Crippen molar-refractivity contribution in [3.05, 3.63) is 51.2 Å². The summed E-state index contributed by atoms with van der Waals surface area (Å²) in [4.78, 5) is 9.98. The zero-order valence-corrected chi connectivity index (χ0v) is 10.7. The Bertz CT molecular complexity index is 660. The fraction of sp³-hybridized carbons (Fsp3) is 0. The number of nitro groups is 1. The third kappa shape index (κ3) is 3.18. The molecule has 0 atom stereocenters. The second-order valence-electron chi connectivity index (χ2n) is 3.58. The summed E-state index contributed by atoms with van der Waals surface area (Å²) in [5, 5.41) is 31.7. The molecule has 0 amide bonds. The molecule has 1 heterocycles. The highest BCUT2D eigenvalue weighted by molar-refractivity contribution is 6.29. The van der Waals surface area contributed by atoms with Crippen molar-refractivity contribution in [2.24, 2.45) is 5.10 Å². The zero-order chi connectivity index (χ0) is 14.5. The van der Waals surface area contributed by atoms with Gasteiger partial charge in [0.25, 0.3) is 0 Å². The highest BCUT2D eigenvalue weighted by atomic mass is 35.5. The van der Waals surface area contributed by atoms with Gasteiger partial charge in [-0.25, -0.2) is 0 Å². The molecule has 102 valence electrons. The molecule has 0 aliphatic carbocycles. The second-order valence-corrected chi connectivity index (χ2v) is 3.97. The molecule has 0 saturated heterocycles. The Hall–Kier alpha value is -2.74. The maximum Gasteiger partial charge on any atom is 0.311 e.